The number of carbonyl (C=O) groups is 1. The van der Waals surface area contributed by atoms with Crippen molar-refractivity contribution in [2.75, 3.05) is 18.4 Å². The van der Waals surface area contributed by atoms with Crippen molar-refractivity contribution >= 4 is 11.7 Å². The molecule has 1 aromatic carbocycles. The molecular weight excluding hydrogens is 276 g/mol. The molecule has 2 N–H and O–H groups in total. The molecule has 0 aromatic heterocycles. The molecule has 0 bridgehead atoms. The topological polar surface area (TPSA) is 52.6 Å². The van der Waals surface area contributed by atoms with E-state index in [1.165, 1.54) is 5.56 Å². The Morgan fingerprint density at radius 1 is 1.23 bits per heavy atom. The first kappa shape index (κ1) is 16.8. The first-order valence-corrected chi connectivity index (χ1v) is 8.43. The maximum absolute atomic E-state index is 11.0. The molecule has 0 spiro atoms. The van der Waals surface area contributed by atoms with Crippen LogP contribution < -0.4 is 5.32 Å². The summed E-state index contributed by atoms with van der Waals surface area (Å²) < 4.78 is 0. The van der Waals surface area contributed by atoms with Crippen molar-refractivity contribution in [2.45, 2.75) is 52.1 Å². The van der Waals surface area contributed by atoms with Crippen molar-refractivity contribution in [1.82, 2.24) is 4.90 Å². The van der Waals surface area contributed by atoms with Gasteiger partial charge in [-0.05, 0) is 56.5 Å². The number of anilines is 1. The summed E-state index contributed by atoms with van der Waals surface area (Å²) in [7, 11) is 0. The molecule has 2 rings (SSSR count). The average Bonchev–Trinajstić information content (AvgIpc) is 2.53. The zero-order chi connectivity index (χ0) is 15.9. The minimum atomic E-state index is -0.639. The van der Waals surface area contributed by atoms with Gasteiger partial charge in [-0.25, -0.2) is 0 Å². The summed E-state index contributed by atoms with van der Waals surface area (Å²) in [6, 6.07) is 9.00. The maximum Gasteiger partial charge on any atom is 0.306 e. The Morgan fingerprint density at radius 2 is 1.91 bits per heavy atom. The summed E-state index contributed by atoms with van der Waals surface area (Å²) in [6.45, 7) is 7.48. The van der Waals surface area contributed by atoms with Crippen molar-refractivity contribution in [3.63, 3.8) is 0 Å². The van der Waals surface area contributed by atoms with Gasteiger partial charge in [0.2, 0.25) is 0 Å². The molecule has 22 heavy (non-hydrogen) atoms. The molecule has 4 heteroatoms. The Hall–Kier alpha value is -1.55. The minimum absolute atomic E-state index is 0.146. The number of carboxylic acid groups (broad SMARTS) is 1. The smallest absolute Gasteiger partial charge is 0.306 e. The van der Waals surface area contributed by atoms with Gasteiger partial charge in [-0.3, -0.25) is 9.69 Å². The highest BCUT2D eigenvalue weighted by Crippen LogP contribution is 2.27. The molecule has 1 aliphatic rings. The largest absolute Gasteiger partial charge is 0.481 e. The third-order valence-electron chi connectivity index (χ3n) is 4.67. The van der Waals surface area contributed by atoms with Crippen LogP contribution in [0.15, 0.2) is 24.3 Å². The lowest BCUT2D eigenvalue weighted by molar-refractivity contribution is -0.142. The second-order valence-electron chi connectivity index (χ2n) is 6.19. The first-order valence-electron chi connectivity index (χ1n) is 8.43. The molecule has 0 heterocycles. The van der Waals surface area contributed by atoms with E-state index >= 15 is 0 Å². The number of nitrogens with one attached hydrogen (secondary N) is 1. The summed E-state index contributed by atoms with van der Waals surface area (Å²) in [5.74, 6) is -0.785. The molecule has 4 nitrogen and oxygen atoms in total. The van der Waals surface area contributed by atoms with Crippen molar-refractivity contribution in [2.24, 2.45) is 5.92 Å². The lowest BCUT2D eigenvalue weighted by atomic mass is 9.86. The van der Waals surface area contributed by atoms with Crippen LogP contribution in [0.4, 0.5) is 5.69 Å². The molecule has 122 valence electrons. The van der Waals surface area contributed by atoms with E-state index in [9.17, 15) is 4.79 Å². The maximum atomic E-state index is 11.0. The van der Waals surface area contributed by atoms with Crippen LogP contribution in [-0.4, -0.2) is 35.1 Å². The van der Waals surface area contributed by atoms with Crippen LogP contribution in [0.3, 0.4) is 0 Å². The van der Waals surface area contributed by atoms with Crippen LogP contribution in [0.25, 0.3) is 0 Å². The van der Waals surface area contributed by atoms with Gasteiger partial charge in [0.25, 0.3) is 0 Å². The van der Waals surface area contributed by atoms with Crippen molar-refractivity contribution in [1.29, 1.82) is 0 Å². The summed E-state index contributed by atoms with van der Waals surface area (Å²) >= 11 is 0. The molecule has 0 unspecified atom stereocenters. The van der Waals surface area contributed by atoms with E-state index in [1.807, 2.05) is 0 Å². The molecule has 1 aliphatic carbocycles. The summed E-state index contributed by atoms with van der Waals surface area (Å²) in [6.07, 6.45) is 3.45. The average molecular weight is 304 g/mol. The molecule has 0 saturated heterocycles. The summed E-state index contributed by atoms with van der Waals surface area (Å²) in [5.41, 5.74) is 2.48. The van der Waals surface area contributed by atoms with E-state index in [4.69, 9.17) is 5.11 Å². The second-order valence-corrected chi connectivity index (χ2v) is 6.19. The second kappa shape index (κ2) is 8.18. The number of nitrogens with zero attached hydrogens (tertiary/aromatic N) is 1. The van der Waals surface area contributed by atoms with E-state index < -0.39 is 5.97 Å². The van der Waals surface area contributed by atoms with Gasteiger partial charge in [0, 0.05) is 18.3 Å². The Labute approximate surface area is 133 Å². The third kappa shape index (κ3) is 4.73. The molecule has 0 radical (unpaired) electrons. The number of aliphatic carboxylic acids is 1. The van der Waals surface area contributed by atoms with Gasteiger partial charge in [0.05, 0.1) is 5.92 Å². The quantitative estimate of drug-likeness (QED) is 0.808. The highest BCUT2D eigenvalue weighted by atomic mass is 16.4. The van der Waals surface area contributed by atoms with E-state index in [0.717, 1.165) is 51.0 Å². The lowest BCUT2D eigenvalue weighted by Gasteiger charge is -2.28. The van der Waals surface area contributed by atoms with Crippen LogP contribution in [-0.2, 0) is 11.3 Å². The third-order valence-corrected chi connectivity index (χ3v) is 4.67. The van der Waals surface area contributed by atoms with E-state index in [-0.39, 0.29) is 5.92 Å². The number of rotatable bonds is 7. The van der Waals surface area contributed by atoms with Gasteiger partial charge in [-0.2, -0.15) is 0 Å². The lowest BCUT2D eigenvalue weighted by Crippen LogP contribution is -2.29. The van der Waals surface area contributed by atoms with E-state index in [0.29, 0.717) is 6.04 Å². The SMILES string of the molecule is CCN(CC)Cc1cccc(NC2CCC(C(=O)O)CC2)c1. The highest BCUT2D eigenvalue weighted by Gasteiger charge is 2.25. The zero-order valence-corrected chi connectivity index (χ0v) is 13.7. The summed E-state index contributed by atoms with van der Waals surface area (Å²) in [4.78, 5) is 13.4. The van der Waals surface area contributed by atoms with Gasteiger partial charge in [0.15, 0.2) is 0 Å². The van der Waals surface area contributed by atoms with Gasteiger partial charge in [-0.1, -0.05) is 26.0 Å². The Kier molecular flexibility index (Phi) is 6.25. The van der Waals surface area contributed by atoms with Crippen molar-refractivity contribution in [3.05, 3.63) is 29.8 Å². The van der Waals surface area contributed by atoms with Crippen LogP contribution >= 0.6 is 0 Å². The van der Waals surface area contributed by atoms with Crippen LogP contribution in [0.1, 0.15) is 45.1 Å². The fourth-order valence-corrected chi connectivity index (χ4v) is 3.19. The summed E-state index contributed by atoms with van der Waals surface area (Å²) in [5, 5.41) is 12.6. The number of hydrogen-bond acceptors (Lipinski definition) is 3. The number of hydrogen-bond donors (Lipinski definition) is 2. The Balaban J connectivity index is 1.89. The van der Waals surface area contributed by atoms with Crippen LogP contribution in [0.2, 0.25) is 0 Å². The van der Waals surface area contributed by atoms with E-state index in [1.54, 1.807) is 0 Å². The molecule has 1 fully saturated rings. The predicted molar refractivity (Wildman–Crippen MR) is 90.1 cm³/mol. The number of carboxylic acids is 1. The van der Waals surface area contributed by atoms with Crippen LogP contribution in [0, 0.1) is 5.92 Å². The monoisotopic (exact) mass is 304 g/mol. The van der Waals surface area contributed by atoms with Crippen molar-refractivity contribution in [3.8, 4) is 0 Å². The van der Waals surface area contributed by atoms with Gasteiger partial charge in [0.1, 0.15) is 0 Å². The fourth-order valence-electron chi connectivity index (χ4n) is 3.19. The minimum Gasteiger partial charge on any atom is -0.481 e. The predicted octanol–water partition coefficient (Wildman–Crippen LogP) is 3.58. The fraction of sp³-hybridized carbons (Fsp3) is 0.611. The molecule has 1 saturated carbocycles. The Morgan fingerprint density at radius 3 is 2.50 bits per heavy atom. The van der Waals surface area contributed by atoms with Crippen LogP contribution in [0.5, 0.6) is 0 Å². The molecule has 0 amide bonds. The highest BCUT2D eigenvalue weighted by molar-refractivity contribution is 5.70. The number of benzene rings is 1. The van der Waals surface area contributed by atoms with Crippen molar-refractivity contribution < 1.29 is 9.90 Å². The molecule has 1 aromatic rings. The Bertz CT molecular complexity index is 478. The molecule has 0 atom stereocenters. The molecule has 0 aliphatic heterocycles. The van der Waals surface area contributed by atoms with Gasteiger partial charge < -0.3 is 10.4 Å². The zero-order valence-electron chi connectivity index (χ0n) is 13.7. The standard InChI is InChI=1S/C18H28N2O2/c1-3-20(4-2)13-14-6-5-7-17(12-14)19-16-10-8-15(9-11-16)18(21)22/h5-7,12,15-16,19H,3-4,8-11,13H2,1-2H3,(H,21,22). The van der Waals surface area contributed by atoms with E-state index in [2.05, 4.69) is 48.3 Å². The molecular formula is C18H28N2O2. The van der Waals surface area contributed by atoms with Gasteiger partial charge >= 0.3 is 5.97 Å². The normalized spacial score (nSPS) is 21.8. The van der Waals surface area contributed by atoms with Gasteiger partial charge in [-0.15, -0.1) is 0 Å². The first-order chi connectivity index (χ1) is 10.6.